The Morgan fingerprint density at radius 2 is 1.94 bits per heavy atom. The van der Waals surface area contributed by atoms with Crippen LogP contribution < -0.4 is 4.74 Å². The van der Waals surface area contributed by atoms with Crippen molar-refractivity contribution in [2.24, 2.45) is 17.3 Å². The first kappa shape index (κ1) is 10.4. The highest BCUT2D eigenvalue weighted by molar-refractivity contribution is 5.40. The summed E-state index contributed by atoms with van der Waals surface area (Å²) in [6, 6.07) is 7.36. The molecule has 2 aromatic rings. The lowest BCUT2D eigenvalue weighted by Gasteiger charge is -1.98. The van der Waals surface area contributed by atoms with Gasteiger partial charge in [0.05, 0.1) is 12.8 Å². The molecule has 0 aliphatic carbocycles. The zero-order chi connectivity index (χ0) is 11.4. The Kier molecular flexibility index (Phi) is 2.95. The Hall–Kier alpha value is -2.17. The van der Waals surface area contributed by atoms with E-state index in [-0.39, 0.29) is 0 Å². The summed E-state index contributed by atoms with van der Waals surface area (Å²) in [7, 11) is 3.50. The number of hydrogen-bond donors (Lipinski definition) is 0. The highest BCUT2D eigenvalue weighted by Crippen LogP contribution is 2.19. The maximum atomic E-state index is 5.05. The molecule has 0 aliphatic rings. The fraction of sp³-hybridized carbons (Fsp3) is 0.182. The van der Waals surface area contributed by atoms with Gasteiger partial charge in [0.2, 0.25) is 5.95 Å². The highest BCUT2D eigenvalue weighted by atomic mass is 16.5. The van der Waals surface area contributed by atoms with Crippen molar-refractivity contribution in [3.05, 3.63) is 36.7 Å². The van der Waals surface area contributed by atoms with Gasteiger partial charge in [-0.2, -0.15) is 0 Å². The standard InChI is InChI=1S/C11H12N4O/c1-15-8-7-12-11(15)14-13-9-3-5-10(16-2)6-4-9/h3-8H,1-2H3. The van der Waals surface area contributed by atoms with Gasteiger partial charge in [-0.3, -0.25) is 0 Å². The van der Waals surface area contributed by atoms with Crippen molar-refractivity contribution >= 4 is 11.6 Å². The summed E-state index contributed by atoms with van der Waals surface area (Å²) < 4.78 is 6.85. The Bertz CT molecular complexity index is 487. The second-order valence-corrected chi connectivity index (χ2v) is 3.24. The fourth-order valence-corrected chi connectivity index (χ4v) is 1.21. The van der Waals surface area contributed by atoms with Gasteiger partial charge in [-0.05, 0) is 24.3 Å². The average Bonchev–Trinajstić information content (AvgIpc) is 2.73. The average molecular weight is 216 g/mol. The van der Waals surface area contributed by atoms with Crippen LogP contribution in [-0.4, -0.2) is 16.7 Å². The van der Waals surface area contributed by atoms with Crippen LogP contribution in [0.2, 0.25) is 0 Å². The Morgan fingerprint density at radius 3 is 2.50 bits per heavy atom. The third-order valence-electron chi connectivity index (χ3n) is 2.12. The number of rotatable bonds is 3. The van der Waals surface area contributed by atoms with E-state index in [1.807, 2.05) is 37.5 Å². The summed E-state index contributed by atoms with van der Waals surface area (Å²) in [6.07, 6.45) is 3.50. The monoisotopic (exact) mass is 216 g/mol. The minimum Gasteiger partial charge on any atom is -0.497 e. The van der Waals surface area contributed by atoms with Gasteiger partial charge in [0, 0.05) is 19.4 Å². The number of hydrogen-bond acceptors (Lipinski definition) is 4. The van der Waals surface area contributed by atoms with Crippen molar-refractivity contribution in [2.45, 2.75) is 0 Å². The van der Waals surface area contributed by atoms with Crippen LogP contribution >= 0.6 is 0 Å². The highest BCUT2D eigenvalue weighted by Gasteiger charge is 1.95. The van der Waals surface area contributed by atoms with Crippen molar-refractivity contribution in [3.8, 4) is 5.75 Å². The molecule has 82 valence electrons. The van der Waals surface area contributed by atoms with E-state index in [1.54, 1.807) is 17.9 Å². The van der Waals surface area contributed by atoms with Crippen LogP contribution in [0.4, 0.5) is 11.6 Å². The van der Waals surface area contributed by atoms with Gasteiger partial charge in [0.1, 0.15) is 5.75 Å². The van der Waals surface area contributed by atoms with Gasteiger partial charge in [-0.25, -0.2) is 4.98 Å². The first-order valence-electron chi connectivity index (χ1n) is 4.83. The maximum absolute atomic E-state index is 5.05. The first-order chi connectivity index (χ1) is 7.79. The molecule has 1 heterocycles. The number of ether oxygens (including phenoxy) is 1. The van der Waals surface area contributed by atoms with Crippen molar-refractivity contribution in [1.82, 2.24) is 9.55 Å². The number of aromatic nitrogens is 2. The molecule has 5 nitrogen and oxygen atoms in total. The molecule has 16 heavy (non-hydrogen) atoms. The number of benzene rings is 1. The Labute approximate surface area is 93.4 Å². The lowest BCUT2D eigenvalue weighted by Crippen LogP contribution is -1.82. The third-order valence-corrected chi connectivity index (χ3v) is 2.12. The normalized spacial score (nSPS) is 10.9. The molecule has 0 atom stereocenters. The molecule has 0 saturated carbocycles. The van der Waals surface area contributed by atoms with E-state index in [2.05, 4.69) is 15.2 Å². The molecule has 0 bridgehead atoms. The van der Waals surface area contributed by atoms with Crippen molar-refractivity contribution < 1.29 is 4.74 Å². The lowest BCUT2D eigenvalue weighted by molar-refractivity contribution is 0.415. The second-order valence-electron chi connectivity index (χ2n) is 3.24. The molecule has 0 unspecified atom stereocenters. The van der Waals surface area contributed by atoms with E-state index >= 15 is 0 Å². The smallest absolute Gasteiger partial charge is 0.249 e. The first-order valence-corrected chi connectivity index (χ1v) is 4.83. The van der Waals surface area contributed by atoms with Crippen molar-refractivity contribution in [1.29, 1.82) is 0 Å². The summed E-state index contributed by atoms with van der Waals surface area (Å²) in [4.78, 5) is 4.04. The molecule has 2 rings (SSSR count). The van der Waals surface area contributed by atoms with Gasteiger partial charge < -0.3 is 9.30 Å². The number of nitrogens with zero attached hydrogens (tertiary/aromatic N) is 4. The number of aryl methyl sites for hydroxylation is 1. The summed E-state index contributed by atoms with van der Waals surface area (Å²) in [5, 5.41) is 8.10. The van der Waals surface area contributed by atoms with Crippen LogP contribution in [0.25, 0.3) is 0 Å². The minimum absolute atomic E-state index is 0.579. The summed E-state index contributed by atoms with van der Waals surface area (Å²) >= 11 is 0. The van der Waals surface area contributed by atoms with E-state index in [1.165, 1.54) is 0 Å². The van der Waals surface area contributed by atoms with E-state index < -0.39 is 0 Å². The maximum Gasteiger partial charge on any atom is 0.249 e. The summed E-state index contributed by atoms with van der Waals surface area (Å²) in [5.74, 6) is 1.38. The summed E-state index contributed by atoms with van der Waals surface area (Å²) in [5.41, 5.74) is 0.767. The molecule has 0 radical (unpaired) electrons. The van der Waals surface area contributed by atoms with Crippen LogP contribution in [0, 0.1) is 0 Å². The third kappa shape index (κ3) is 2.25. The fourth-order valence-electron chi connectivity index (χ4n) is 1.21. The van der Waals surface area contributed by atoms with Crippen LogP contribution in [0.1, 0.15) is 0 Å². The van der Waals surface area contributed by atoms with Gasteiger partial charge >= 0.3 is 0 Å². The van der Waals surface area contributed by atoms with E-state index in [0.29, 0.717) is 5.95 Å². The predicted molar refractivity (Wildman–Crippen MR) is 60.4 cm³/mol. The molecular weight excluding hydrogens is 204 g/mol. The molecule has 0 fully saturated rings. The largest absolute Gasteiger partial charge is 0.497 e. The minimum atomic E-state index is 0.579. The molecule has 5 heteroatoms. The number of methoxy groups -OCH3 is 1. The number of azo groups is 1. The van der Waals surface area contributed by atoms with E-state index in [0.717, 1.165) is 11.4 Å². The molecule has 0 aliphatic heterocycles. The molecule has 0 amide bonds. The Balaban J connectivity index is 2.14. The second kappa shape index (κ2) is 4.57. The molecule has 0 N–H and O–H groups in total. The van der Waals surface area contributed by atoms with Gasteiger partial charge in [-0.15, -0.1) is 10.2 Å². The molecular formula is C11H12N4O. The van der Waals surface area contributed by atoms with E-state index in [4.69, 9.17) is 4.74 Å². The molecule has 1 aromatic heterocycles. The topological polar surface area (TPSA) is 51.8 Å². The van der Waals surface area contributed by atoms with Gasteiger partial charge in [0.25, 0.3) is 0 Å². The molecule has 0 saturated heterocycles. The number of imidazole rings is 1. The Morgan fingerprint density at radius 1 is 1.19 bits per heavy atom. The lowest BCUT2D eigenvalue weighted by atomic mass is 10.3. The van der Waals surface area contributed by atoms with Crippen LogP contribution in [0.15, 0.2) is 46.9 Å². The van der Waals surface area contributed by atoms with Gasteiger partial charge in [-0.1, -0.05) is 0 Å². The van der Waals surface area contributed by atoms with E-state index in [9.17, 15) is 0 Å². The van der Waals surface area contributed by atoms with Crippen LogP contribution in [0.3, 0.4) is 0 Å². The SMILES string of the molecule is COc1ccc(N=Nc2nccn2C)cc1. The molecule has 0 spiro atoms. The zero-order valence-corrected chi connectivity index (χ0v) is 9.16. The summed E-state index contributed by atoms with van der Waals surface area (Å²) in [6.45, 7) is 0. The van der Waals surface area contributed by atoms with Crippen molar-refractivity contribution in [2.75, 3.05) is 7.11 Å². The van der Waals surface area contributed by atoms with Gasteiger partial charge in [0.15, 0.2) is 0 Å². The van der Waals surface area contributed by atoms with Crippen LogP contribution in [0.5, 0.6) is 5.75 Å². The quantitative estimate of drug-likeness (QED) is 0.741. The zero-order valence-electron chi connectivity index (χ0n) is 9.16. The predicted octanol–water partition coefficient (Wildman–Crippen LogP) is 2.84. The van der Waals surface area contributed by atoms with Crippen LogP contribution in [-0.2, 0) is 7.05 Å². The van der Waals surface area contributed by atoms with Crippen molar-refractivity contribution in [3.63, 3.8) is 0 Å². The molecule has 1 aromatic carbocycles.